The van der Waals surface area contributed by atoms with E-state index in [0.29, 0.717) is 0 Å². The molecule has 0 fully saturated rings. The van der Waals surface area contributed by atoms with Gasteiger partial charge < -0.3 is 10.4 Å². The summed E-state index contributed by atoms with van der Waals surface area (Å²) in [6.45, 7) is 1.91. The summed E-state index contributed by atoms with van der Waals surface area (Å²) < 4.78 is 0. The van der Waals surface area contributed by atoms with Gasteiger partial charge in [0.15, 0.2) is 0 Å². The smallest absolute Gasteiger partial charge is 0.226 e. The number of amides is 1. The molecular weight excluding hydrogens is 170 g/mol. The number of carbonyl (C=O) groups excluding carboxylic acids is 1. The summed E-state index contributed by atoms with van der Waals surface area (Å²) in [5.41, 5.74) is 0.767. The molecule has 1 rings (SSSR count). The van der Waals surface area contributed by atoms with Crippen molar-refractivity contribution in [2.45, 2.75) is 19.4 Å². The first-order valence-electron chi connectivity index (χ1n) is 4.11. The van der Waals surface area contributed by atoms with Crippen LogP contribution in [0.2, 0.25) is 0 Å². The molecule has 0 saturated carbocycles. The van der Waals surface area contributed by atoms with Gasteiger partial charge in [-0.15, -0.1) is 0 Å². The largest absolute Gasteiger partial charge is 0.392 e. The number of hydrogen-bond donors (Lipinski definition) is 3. The number of aromatic amines is 1. The van der Waals surface area contributed by atoms with E-state index < -0.39 is 6.10 Å². The normalized spacial score (nSPS) is 12.5. The van der Waals surface area contributed by atoms with Gasteiger partial charge in [-0.1, -0.05) is 0 Å². The van der Waals surface area contributed by atoms with Crippen LogP contribution in [-0.2, 0) is 11.2 Å². The van der Waals surface area contributed by atoms with Gasteiger partial charge in [-0.25, -0.2) is 0 Å². The summed E-state index contributed by atoms with van der Waals surface area (Å²) >= 11 is 0. The predicted octanol–water partition coefficient (Wildman–Crippen LogP) is -0.551. The van der Waals surface area contributed by atoms with Gasteiger partial charge in [0.25, 0.3) is 0 Å². The van der Waals surface area contributed by atoms with Crippen molar-refractivity contribution in [2.75, 3.05) is 6.54 Å². The third-order valence-electron chi connectivity index (χ3n) is 1.50. The zero-order chi connectivity index (χ0) is 9.68. The summed E-state index contributed by atoms with van der Waals surface area (Å²) in [5.74, 6) is -0.120. The van der Waals surface area contributed by atoms with Crippen LogP contribution in [-0.4, -0.2) is 33.9 Å². The third-order valence-corrected chi connectivity index (χ3v) is 1.50. The maximum Gasteiger partial charge on any atom is 0.226 e. The van der Waals surface area contributed by atoms with Crippen LogP contribution in [0.15, 0.2) is 12.3 Å². The molecule has 1 aromatic rings. The Bertz CT molecular complexity index is 256. The van der Waals surface area contributed by atoms with E-state index in [1.807, 2.05) is 0 Å². The molecule has 1 atom stereocenters. The van der Waals surface area contributed by atoms with Gasteiger partial charge >= 0.3 is 0 Å². The van der Waals surface area contributed by atoms with Crippen LogP contribution in [0.5, 0.6) is 0 Å². The van der Waals surface area contributed by atoms with Crippen LogP contribution >= 0.6 is 0 Å². The first kappa shape index (κ1) is 9.73. The minimum absolute atomic E-state index is 0.120. The van der Waals surface area contributed by atoms with E-state index >= 15 is 0 Å². The molecule has 0 aliphatic carbocycles. The number of nitrogens with one attached hydrogen (secondary N) is 2. The van der Waals surface area contributed by atoms with E-state index in [1.165, 1.54) is 0 Å². The van der Waals surface area contributed by atoms with Crippen molar-refractivity contribution in [3.05, 3.63) is 18.0 Å². The van der Waals surface area contributed by atoms with Crippen LogP contribution in [0, 0.1) is 0 Å². The minimum Gasteiger partial charge on any atom is -0.392 e. The molecule has 0 saturated heterocycles. The number of aromatic nitrogens is 2. The summed E-state index contributed by atoms with van der Waals surface area (Å²) in [6, 6.07) is 1.74. The molecule has 0 bridgehead atoms. The Labute approximate surface area is 76.2 Å². The SMILES string of the molecule is C[C@H](O)CNC(=O)Cc1ccn[nH]1. The van der Waals surface area contributed by atoms with E-state index in [0.717, 1.165) is 5.69 Å². The second kappa shape index (κ2) is 4.61. The fourth-order valence-corrected chi connectivity index (χ4v) is 0.880. The topological polar surface area (TPSA) is 78.0 Å². The van der Waals surface area contributed by atoms with E-state index in [2.05, 4.69) is 15.5 Å². The first-order valence-corrected chi connectivity index (χ1v) is 4.11. The molecular formula is C8H13N3O2. The van der Waals surface area contributed by atoms with Gasteiger partial charge in [0.05, 0.1) is 12.5 Å². The van der Waals surface area contributed by atoms with Gasteiger partial charge in [0.1, 0.15) is 0 Å². The highest BCUT2D eigenvalue weighted by molar-refractivity contribution is 5.78. The Morgan fingerprint density at radius 3 is 3.15 bits per heavy atom. The zero-order valence-electron chi connectivity index (χ0n) is 7.45. The molecule has 0 aliphatic heterocycles. The van der Waals surface area contributed by atoms with E-state index in [4.69, 9.17) is 5.11 Å². The van der Waals surface area contributed by atoms with Crippen molar-refractivity contribution in [2.24, 2.45) is 0 Å². The number of H-pyrrole nitrogens is 1. The fraction of sp³-hybridized carbons (Fsp3) is 0.500. The number of aliphatic hydroxyl groups is 1. The summed E-state index contributed by atoms with van der Waals surface area (Å²) in [4.78, 5) is 11.1. The highest BCUT2D eigenvalue weighted by Gasteiger charge is 2.04. The molecule has 5 heteroatoms. The van der Waals surface area contributed by atoms with Gasteiger partial charge in [0.2, 0.25) is 5.91 Å². The Morgan fingerprint density at radius 2 is 2.62 bits per heavy atom. The molecule has 13 heavy (non-hydrogen) atoms. The lowest BCUT2D eigenvalue weighted by Crippen LogP contribution is -2.31. The van der Waals surface area contributed by atoms with Crippen molar-refractivity contribution >= 4 is 5.91 Å². The Hall–Kier alpha value is -1.36. The highest BCUT2D eigenvalue weighted by Crippen LogP contribution is 1.92. The van der Waals surface area contributed by atoms with Gasteiger partial charge in [-0.2, -0.15) is 5.10 Å². The molecule has 0 spiro atoms. The Morgan fingerprint density at radius 1 is 1.85 bits per heavy atom. The third kappa shape index (κ3) is 3.71. The second-order valence-electron chi connectivity index (χ2n) is 2.91. The lowest BCUT2D eigenvalue weighted by molar-refractivity contribution is -0.120. The number of aliphatic hydroxyl groups excluding tert-OH is 1. The Balaban J connectivity index is 2.26. The Kier molecular flexibility index (Phi) is 3.45. The highest BCUT2D eigenvalue weighted by atomic mass is 16.3. The maximum absolute atomic E-state index is 11.1. The fourth-order valence-electron chi connectivity index (χ4n) is 0.880. The van der Waals surface area contributed by atoms with Crippen molar-refractivity contribution in [1.29, 1.82) is 0 Å². The quantitative estimate of drug-likeness (QED) is 0.586. The van der Waals surface area contributed by atoms with E-state index in [9.17, 15) is 4.79 Å². The maximum atomic E-state index is 11.1. The lowest BCUT2D eigenvalue weighted by Gasteiger charge is -2.05. The molecule has 5 nitrogen and oxygen atoms in total. The molecule has 0 radical (unpaired) electrons. The first-order chi connectivity index (χ1) is 6.18. The van der Waals surface area contributed by atoms with Crippen LogP contribution in [0.4, 0.5) is 0 Å². The predicted molar refractivity (Wildman–Crippen MR) is 47.0 cm³/mol. The molecule has 72 valence electrons. The minimum atomic E-state index is -0.509. The van der Waals surface area contributed by atoms with Gasteiger partial charge in [-0.3, -0.25) is 9.89 Å². The van der Waals surface area contributed by atoms with Crippen molar-refractivity contribution in [3.63, 3.8) is 0 Å². The molecule has 1 aromatic heterocycles. The van der Waals surface area contributed by atoms with Crippen LogP contribution < -0.4 is 5.32 Å². The zero-order valence-corrected chi connectivity index (χ0v) is 7.45. The summed E-state index contributed by atoms with van der Waals surface area (Å²) in [5, 5.41) is 17.9. The summed E-state index contributed by atoms with van der Waals surface area (Å²) in [6.07, 6.45) is 1.36. The van der Waals surface area contributed by atoms with Gasteiger partial charge in [0, 0.05) is 18.4 Å². The number of carbonyl (C=O) groups is 1. The molecule has 0 aromatic carbocycles. The standard InChI is InChI=1S/C8H13N3O2/c1-6(12)5-9-8(13)4-7-2-3-10-11-7/h2-3,6,12H,4-5H2,1H3,(H,9,13)(H,10,11)/t6-/m0/s1. The van der Waals surface area contributed by atoms with E-state index in [1.54, 1.807) is 19.2 Å². The van der Waals surface area contributed by atoms with E-state index in [-0.39, 0.29) is 18.9 Å². The number of rotatable bonds is 4. The molecule has 1 amide bonds. The second-order valence-corrected chi connectivity index (χ2v) is 2.91. The average Bonchev–Trinajstić information content (AvgIpc) is 2.53. The van der Waals surface area contributed by atoms with Crippen LogP contribution in [0.3, 0.4) is 0 Å². The number of hydrogen-bond acceptors (Lipinski definition) is 3. The monoisotopic (exact) mass is 183 g/mol. The van der Waals surface area contributed by atoms with Crippen molar-refractivity contribution < 1.29 is 9.90 Å². The molecule has 3 N–H and O–H groups in total. The molecule has 1 heterocycles. The molecule has 0 unspecified atom stereocenters. The van der Waals surface area contributed by atoms with Crippen LogP contribution in [0.25, 0.3) is 0 Å². The lowest BCUT2D eigenvalue weighted by atomic mass is 10.3. The average molecular weight is 183 g/mol. The van der Waals surface area contributed by atoms with Crippen LogP contribution in [0.1, 0.15) is 12.6 Å². The van der Waals surface area contributed by atoms with Crippen molar-refractivity contribution in [3.8, 4) is 0 Å². The molecule has 0 aliphatic rings. The summed E-state index contributed by atoms with van der Waals surface area (Å²) in [7, 11) is 0. The number of nitrogens with zero attached hydrogens (tertiary/aromatic N) is 1. The van der Waals surface area contributed by atoms with Crippen molar-refractivity contribution in [1.82, 2.24) is 15.5 Å². The van der Waals surface area contributed by atoms with Gasteiger partial charge in [-0.05, 0) is 13.0 Å².